The van der Waals surface area contributed by atoms with Crippen molar-refractivity contribution < 1.29 is 14.3 Å². The number of nitrogens with one attached hydrogen (secondary N) is 2. The average Bonchev–Trinajstić information content (AvgIpc) is 2.91. The van der Waals surface area contributed by atoms with Gasteiger partial charge in [0.25, 0.3) is 6.47 Å². The Morgan fingerprint density at radius 1 is 1.29 bits per heavy atom. The van der Waals surface area contributed by atoms with Crippen molar-refractivity contribution in [2.75, 3.05) is 31.3 Å². The van der Waals surface area contributed by atoms with Crippen molar-refractivity contribution in [2.24, 2.45) is 0 Å². The number of benzene rings is 2. The third-order valence-electron chi connectivity index (χ3n) is 5.08. The SMILES string of the molecule is CN(C)CCCc1cc(Nc2ncc3c(n2)-c2ccc(Cl)cc2NC(=S)C3)ccc1F.O=CO. The fourth-order valence-electron chi connectivity index (χ4n) is 3.58. The Balaban J connectivity index is 0.00000103. The molecule has 0 aliphatic carbocycles. The summed E-state index contributed by atoms with van der Waals surface area (Å²) in [5, 5.41) is 14.0. The Kier molecular flexibility index (Phi) is 8.86. The van der Waals surface area contributed by atoms with Crippen LogP contribution in [0.5, 0.6) is 0 Å². The highest BCUT2D eigenvalue weighted by Crippen LogP contribution is 2.35. The van der Waals surface area contributed by atoms with Gasteiger partial charge in [-0.1, -0.05) is 23.8 Å². The van der Waals surface area contributed by atoms with E-state index in [-0.39, 0.29) is 12.3 Å². The van der Waals surface area contributed by atoms with Crippen molar-refractivity contribution in [1.29, 1.82) is 0 Å². The van der Waals surface area contributed by atoms with Crippen molar-refractivity contribution in [1.82, 2.24) is 14.9 Å². The van der Waals surface area contributed by atoms with Crippen molar-refractivity contribution in [2.45, 2.75) is 19.3 Å². The maximum absolute atomic E-state index is 14.2. The van der Waals surface area contributed by atoms with Crippen molar-refractivity contribution in [3.05, 3.63) is 64.6 Å². The lowest BCUT2D eigenvalue weighted by Crippen LogP contribution is -2.13. The molecule has 4 rings (SSSR count). The summed E-state index contributed by atoms with van der Waals surface area (Å²) in [5.41, 5.74) is 4.90. The number of rotatable bonds is 6. The number of hydrogen-bond donors (Lipinski definition) is 3. The van der Waals surface area contributed by atoms with E-state index in [0.29, 0.717) is 34.4 Å². The molecule has 10 heteroatoms. The van der Waals surface area contributed by atoms with Crippen LogP contribution in [0.2, 0.25) is 5.02 Å². The summed E-state index contributed by atoms with van der Waals surface area (Å²) in [6.45, 7) is 0.657. The Hall–Kier alpha value is -3.14. The van der Waals surface area contributed by atoms with Crippen LogP contribution in [0.15, 0.2) is 42.6 Å². The first-order valence-electron chi connectivity index (χ1n) is 10.5. The number of aryl methyl sites for hydroxylation is 1. The molecule has 2 heterocycles. The van der Waals surface area contributed by atoms with Gasteiger partial charge in [-0.3, -0.25) is 4.79 Å². The van der Waals surface area contributed by atoms with Gasteiger partial charge in [-0.05, 0) is 75.4 Å². The fraction of sp³-hybridized carbons (Fsp3) is 0.250. The van der Waals surface area contributed by atoms with E-state index in [0.717, 1.165) is 41.2 Å². The second-order valence-corrected chi connectivity index (χ2v) is 8.85. The molecular formula is C24H25ClFN5O2S. The van der Waals surface area contributed by atoms with Crippen molar-refractivity contribution in [3.8, 4) is 11.3 Å². The number of carbonyl (C=O) groups is 1. The van der Waals surface area contributed by atoms with E-state index >= 15 is 0 Å². The summed E-state index contributed by atoms with van der Waals surface area (Å²) in [5.74, 6) is 0.246. The molecule has 2 aromatic carbocycles. The predicted molar refractivity (Wildman–Crippen MR) is 138 cm³/mol. The lowest BCUT2D eigenvalue weighted by atomic mass is 10.1. The molecule has 0 bridgehead atoms. The number of fused-ring (bicyclic) bond motifs is 3. The molecular weight excluding hydrogens is 477 g/mol. The molecule has 34 heavy (non-hydrogen) atoms. The lowest BCUT2D eigenvalue weighted by molar-refractivity contribution is -0.122. The molecule has 3 N–H and O–H groups in total. The van der Waals surface area contributed by atoms with Gasteiger partial charge in [0.15, 0.2) is 0 Å². The Bertz CT molecular complexity index is 1190. The van der Waals surface area contributed by atoms with Gasteiger partial charge in [0, 0.05) is 40.1 Å². The summed E-state index contributed by atoms with van der Waals surface area (Å²) in [6.07, 6.45) is 3.88. The normalized spacial score (nSPS) is 12.0. The molecule has 0 unspecified atom stereocenters. The molecule has 0 spiro atoms. The summed E-state index contributed by atoms with van der Waals surface area (Å²) >= 11 is 11.6. The molecule has 1 aliphatic rings. The lowest BCUT2D eigenvalue weighted by Gasteiger charge is -2.13. The Morgan fingerprint density at radius 3 is 2.79 bits per heavy atom. The molecule has 0 radical (unpaired) electrons. The van der Waals surface area contributed by atoms with Gasteiger partial charge in [-0.25, -0.2) is 14.4 Å². The van der Waals surface area contributed by atoms with Crippen molar-refractivity contribution >= 4 is 52.6 Å². The molecule has 7 nitrogen and oxygen atoms in total. The molecule has 0 fully saturated rings. The van der Waals surface area contributed by atoms with Gasteiger partial charge >= 0.3 is 0 Å². The van der Waals surface area contributed by atoms with Gasteiger partial charge in [0.1, 0.15) is 5.82 Å². The molecule has 3 aromatic rings. The van der Waals surface area contributed by atoms with E-state index in [2.05, 4.69) is 20.5 Å². The van der Waals surface area contributed by atoms with Crippen LogP contribution in [0.3, 0.4) is 0 Å². The Labute approximate surface area is 208 Å². The van der Waals surface area contributed by atoms with Gasteiger partial charge in [0.2, 0.25) is 5.95 Å². The summed E-state index contributed by atoms with van der Waals surface area (Å²) in [7, 11) is 4.02. The first-order chi connectivity index (χ1) is 16.3. The van der Waals surface area contributed by atoms with Crippen LogP contribution in [0.1, 0.15) is 17.5 Å². The van der Waals surface area contributed by atoms with Crippen molar-refractivity contribution in [3.63, 3.8) is 0 Å². The van der Waals surface area contributed by atoms with Crippen LogP contribution in [-0.4, -0.2) is 52.1 Å². The van der Waals surface area contributed by atoms with Gasteiger partial charge in [-0.15, -0.1) is 0 Å². The Morgan fingerprint density at radius 2 is 2.06 bits per heavy atom. The maximum atomic E-state index is 14.2. The van der Waals surface area contributed by atoms with Gasteiger partial charge < -0.3 is 20.6 Å². The fourth-order valence-corrected chi connectivity index (χ4v) is 4.02. The first-order valence-corrected chi connectivity index (χ1v) is 11.3. The highest BCUT2D eigenvalue weighted by atomic mass is 35.5. The molecule has 0 saturated carbocycles. The number of thiocarbonyl (C=S) groups is 1. The maximum Gasteiger partial charge on any atom is 0.290 e. The van der Waals surface area contributed by atoms with Crippen LogP contribution < -0.4 is 10.6 Å². The number of aromatic nitrogens is 2. The zero-order valence-electron chi connectivity index (χ0n) is 18.8. The topological polar surface area (TPSA) is 90.4 Å². The third-order valence-corrected chi connectivity index (χ3v) is 5.56. The van der Waals surface area contributed by atoms with Crippen LogP contribution in [0.4, 0.5) is 21.7 Å². The van der Waals surface area contributed by atoms with E-state index in [4.69, 9.17) is 38.7 Å². The highest BCUT2D eigenvalue weighted by Gasteiger charge is 2.19. The predicted octanol–water partition coefficient (Wildman–Crippen LogP) is 5.17. The summed E-state index contributed by atoms with van der Waals surface area (Å²) in [6, 6.07) is 10.6. The molecule has 1 aromatic heterocycles. The monoisotopic (exact) mass is 501 g/mol. The quantitative estimate of drug-likeness (QED) is 0.315. The molecule has 0 atom stereocenters. The highest BCUT2D eigenvalue weighted by molar-refractivity contribution is 7.80. The number of anilines is 3. The smallest absolute Gasteiger partial charge is 0.290 e. The second-order valence-electron chi connectivity index (χ2n) is 7.93. The number of halogens is 2. The summed E-state index contributed by atoms with van der Waals surface area (Å²) in [4.78, 5) is 20.3. The van der Waals surface area contributed by atoms with Crippen LogP contribution in [0.25, 0.3) is 11.3 Å². The molecule has 0 amide bonds. The standard InChI is InChI=1S/C23H23ClFN5S.CH2O2/c1-30(2)9-3-4-14-10-17(6-8-19(14)25)27-23-26-13-15-11-21(31)28-20-12-16(24)5-7-18(20)22(15)29-23;2-1-3/h5-8,10,12-13H,3-4,9,11H2,1-2H3,(H,28,31)(H,26,27,29);1H,(H,2,3). The van der Waals surface area contributed by atoms with E-state index in [1.807, 2.05) is 38.4 Å². The van der Waals surface area contributed by atoms with Crippen LogP contribution in [0, 0.1) is 5.82 Å². The minimum absolute atomic E-state index is 0.197. The first kappa shape index (κ1) is 25.5. The summed E-state index contributed by atoms with van der Waals surface area (Å²) < 4.78 is 14.2. The minimum Gasteiger partial charge on any atom is -0.483 e. The molecule has 1 aliphatic heterocycles. The average molecular weight is 502 g/mol. The number of carboxylic acid groups (broad SMARTS) is 1. The van der Waals surface area contributed by atoms with E-state index in [9.17, 15) is 4.39 Å². The van der Waals surface area contributed by atoms with E-state index < -0.39 is 0 Å². The molecule has 0 saturated heterocycles. The van der Waals surface area contributed by atoms with Gasteiger partial charge in [-0.2, -0.15) is 0 Å². The van der Waals surface area contributed by atoms with Crippen LogP contribution in [-0.2, 0) is 17.6 Å². The largest absolute Gasteiger partial charge is 0.483 e. The van der Waals surface area contributed by atoms with E-state index in [1.54, 1.807) is 12.3 Å². The minimum atomic E-state index is -0.250. The zero-order valence-corrected chi connectivity index (χ0v) is 20.4. The van der Waals surface area contributed by atoms with E-state index in [1.165, 1.54) is 6.07 Å². The second kappa shape index (κ2) is 11.8. The third kappa shape index (κ3) is 6.69. The molecule has 178 valence electrons. The van der Waals surface area contributed by atoms with Gasteiger partial charge in [0.05, 0.1) is 10.7 Å². The van der Waals surface area contributed by atoms with Crippen LogP contribution >= 0.6 is 23.8 Å². The number of nitrogens with zero attached hydrogens (tertiary/aromatic N) is 3. The number of hydrogen-bond acceptors (Lipinski definition) is 6. The zero-order chi connectivity index (χ0) is 24.7.